The molecule has 168 valence electrons. The van der Waals surface area contributed by atoms with Crippen LogP contribution in [0.1, 0.15) is 40.8 Å². The first-order valence-corrected chi connectivity index (χ1v) is 10.9. The lowest BCUT2D eigenvalue weighted by Crippen LogP contribution is -2.29. The third-order valence-corrected chi connectivity index (χ3v) is 5.77. The monoisotopic (exact) mass is 442 g/mol. The van der Waals surface area contributed by atoms with E-state index in [9.17, 15) is 14.7 Å². The highest BCUT2D eigenvalue weighted by Crippen LogP contribution is 2.41. The van der Waals surface area contributed by atoms with Gasteiger partial charge in [-0.15, -0.1) is 0 Å². The zero-order chi connectivity index (χ0) is 23.5. The highest BCUT2D eigenvalue weighted by atomic mass is 16.5. The van der Waals surface area contributed by atoms with Crippen molar-refractivity contribution < 1.29 is 19.4 Å². The molecular weight excluding hydrogens is 416 g/mol. The summed E-state index contributed by atoms with van der Waals surface area (Å²) in [6.07, 6.45) is 3.32. The van der Waals surface area contributed by atoms with Gasteiger partial charge in [0.25, 0.3) is 11.7 Å². The van der Waals surface area contributed by atoms with Crippen molar-refractivity contribution >= 4 is 17.4 Å². The van der Waals surface area contributed by atoms with Gasteiger partial charge in [0.2, 0.25) is 0 Å². The first-order valence-electron chi connectivity index (χ1n) is 10.9. The second kappa shape index (κ2) is 9.28. The Morgan fingerprint density at radius 1 is 1.09 bits per heavy atom. The molecule has 1 atom stereocenters. The maximum absolute atomic E-state index is 13.2. The van der Waals surface area contributed by atoms with Crippen LogP contribution in [0.15, 0.2) is 72.6 Å². The molecule has 4 rings (SSSR count). The number of aliphatic hydroxyl groups is 1. The van der Waals surface area contributed by atoms with Crippen molar-refractivity contribution in [2.24, 2.45) is 0 Å². The van der Waals surface area contributed by atoms with Crippen LogP contribution in [-0.4, -0.2) is 33.3 Å². The molecule has 0 bridgehead atoms. The summed E-state index contributed by atoms with van der Waals surface area (Å²) in [4.78, 5) is 32.0. The third-order valence-electron chi connectivity index (χ3n) is 5.77. The highest BCUT2D eigenvalue weighted by molar-refractivity contribution is 6.46. The van der Waals surface area contributed by atoms with Crippen molar-refractivity contribution in [2.45, 2.75) is 33.4 Å². The molecule has 0 spiro atoms. The molecule has 6 heteroatoms. The molecule has 0 aliphatic carbocycles. The van der Waals surface area contributed by atoms with Crippen LogP contribution in [0, 0.1) is 13.8 Å². The topological polar surface area (TPSA) is 79.7 Å². The number of benzene rings is 2. The SMILES string of the molecule is CCOc1ccc(C2C(=C(O)c3cc(C)ccc3C)C(=O)C(=O)N2Cc2cccnc2)cc1. The van der Waals surface area contributed by atoms with Crippen LogP contribution in [0.2, 0.25) is 0 Å². The summed E-state index contributed by atoms with van der Waals surface area (Å²) in [5.41, 5.74) is 3.91. The van der Waals surface area contributed by atoms with Crippen molar-refractivity contribution in [3.8, 4) is 5.75 Å². The largest absolute Gasteiger partial charge is 0.507 e. The normalized spacial score (nSPS) is 17.4. The van der Waals surface area contributed by atoms with Crippen LogP contribution in [0.25, 0.3) is 5.76 Å². The first kappa shape index (κ1) is 22.3. The Kier molecular flexibility index (Phi) is 6.27. The lowest BCUT2D eigenvalue weighted by Gasteiger charge is -2.25. The van der Waals surface area contributed by atoms with E-state index in [0.29, 0.717) is 23.5 Å². The maximum Gasteiger partial charge on any atom is 0.295 e. The Balaban J connectivity index is 1.87. The lowest BCUT2D eigenvalue weighted by molar-refractivity contribution is -0.140. The molecule has 2 heterocycles. The number of aromatic nitrogens is 1. The van der Waals surface area contributed by atoms with Gasteiger partial charge >= 0.3 is 0 Å². The van der Waals surface area contributed by atoms with E-state index in [1.807, 2.05) is 57.2 Å². The standard InChI is InChI=1S/C27H26N2O4/c1-4-33-21-11-9-20(10-12-21)24-23(25(30)22-14-17(2)7-8-18(22)3)26(31)27(32)29(24)16-19-6-5-13-28-15-19/h5-15,24,30H,4,16H2,1-3H3. The number of pyridine rings is 1. The summed E-state index contributed by atoms with van der Waals surface area (Å²) in [6.45, 7) is 6.42. The van der Waals surface area contributed by atoms with Gasteiger partial charge in [0.15, 0.2) is 0 Å². The van der Waals surface area contributed by atoms with E-state index in [1.165, 1.54) is 4.90 Å². The van der Waals surface area contributed by atoms with Gasteiger partial charge in [-0.2, -0.15) is 0 Å². The lowest BCUT2D eigenvalue weighted by atomic mass is 9.93. The van der Waals surface area contributed by atoms with Gasteiger partial charge < -0.3 is 14.7 Å². The number of ketones is 1. The van der Waals surface area contributed by atoms with Gasteiger partial charge in [-0.25, -0.2) is 0 Å². The van der Waals surface area contributed by atoms with E-state index in [0.717, 1.165) is 16.7 Å². The number of likely N-dealkylation sites (tertiary alicyclic amines) is 1. The van der Waals surface area contributed by atoms with Gasteiger partial charge in [0, 0.05) is 24.5 Å². The van der Waals surface area contributed by atoms with E-state index in [2.05, 4.69) is 4.98 Å². The van der Waals surface area contributed by atoms with Crippen LogP contribution >= 0.6 is 0 Å². The molecule has 1 amide bonds. The Labute approximate surface area is 193 Å². The predicted octanol–water partition coefficient (Wildman–Crippen LogP) is 4.72. The van der Waals surface area contributed by atoms with E-state index in [1.54, 1.807) is 30.6 Å². The van der Waals surface area contributed by atoms with Crippen LogP contribution in [-0.2, 0) is 16.1 Å². The quantitative estimate of drug-likeness (QED) is 0.339. The van der Waals surface area contributed by atoms with E-state index in [-0.39, 0.29) is 17.9 Å². The van der Waals surface area contributed by atoms with E-state index >= 15 is 0 Å². The molecule has 6 nitrogen and oxygen atoms in total. The Morgan fingerprint density at radius 3 is 2.52 bits per heavy atom. The van der Waals surface area contributed by atoms with E-state index < -0.39 is 17.7 Å². The van der Waals surface area contributed by atoms with Crippen LogP contribution in [0.5, 0.6) is 5.75 Å². The average Bonchev–Trinajstić information content (AvgIpc) is 3.06. The summed E-state index contributed by atoms with van der Waals surface area (Å²) in [5.74, 6) is -0.817. The molecule has 3 aromatic rings. The predicted molar refractivity (Wildman–Crippen MR) is 126 cm³/mol. The average molecular weight is 443 g/mol. The highest BCUT2D eigenvalue weighted by Gasteiger charge is 2.46. The van der Waals surface area contributed by atoms with Crippen LogP contribution in [0.4, 0.5) is 0 Å². The maximum atomic E-state index is 13.2. The van der Waals surface area contributed by atoms with Crippen molar-refractivity contribution in [1.82, 2.24) is 9.88 Å². The number of amides is 1. The van der Waals surface area contributed by atoms with Gasteiger partial charge in [-0.05, 0) is 61.7 Å². The number of carbonyl (C=O) groups is 2. The van der Waals surface area contributed by atoms with Gasteiger partial charge in [0.05, 0.1) is 18.2 Å². The minimum absolute atomic E-state index is 0.0850. The number of hydrogen-bond acceptors (Lipinski definition) is 5. The molecule has 0 saturated carbocycles. The van der Waals surface area contributed by atoms with Crippen molar-refractivity contribution in [1.29, 1.82) is 0 Å². The van der Waals surface area contributed by atoms with Gasteiger partial charge in [-0.1, -0.05) is 35.9 Å². The second-order valence-electron chi connectivity index (χ2n) is 8.11. The number of aryl methyl sites for hydroxylation is 2. The first-order chi connectivity index (χ1) is 15.9. The van der Waals surface area contributed by atoms with Crippen LogP contribution < -0.4 is 4.74 Å². The molecule has 1 fully saturated rings. The summed E-state index contributed by atoms with van der Waals surface area (Å²) >= 11 is 0. The second-order valence-corrected chi connectivity index (χ2v) is 8.11. The molecule has 1 aliphatic heterocycles. The summed E-state index contributed by atoms with van der Waals surface area (Å²) in [5, 5.41) is 11.3. The minimum Gasteiger partial charge on any atom is -0.507 e. The number of rotatable bonds is 6. The number of hydrogen-bond donors (Lipinski definition) is 1. The van der Waals surface area contributed by atoms with Gasteiger partial charge in [0.1, 0.15) is 11.5 Å². The number of aliphatic hydroxyl groups excluding tert-OH is 1. The Hall–Kier alpha value is -3.93. The number of ether oxygens (including phenoxy) is 1. The summed E-state index contributed by atoms with van der Waals surface area (Å²) in [6, 6.07) is 15.8. The zero-order valence-corrected chi connectivity index (χ0v) is 18.9. The zero-order valence-electron chi connectivity index (χ0n) is 18.9. The van der Waals surface area contributed by atoms with Gasteiger partial charge in [-0.3, -0.25) is 14.6 Å². The molecule has 33 heavy (non-hydrogen) atoms. The fraction of sp³-hybridized carbons (Fsp3) is 0.222. The molecular formula is C27H26N2O4. The van der Waals surface area contributed by atoms with Crippen LogP contribution in [0.3, 0.4) is 0 Å². The third kappa shape index (κ3) is 4.37. The minimum atomic E-state index is -0.735. The fourth-order valence-electron chi connectivity index (χ4n) is 4.13. The van der Waals surface area contributed by atoms with E-state index in [4.69, 9.17) is 4.74 Å². The molecule has 1 N–H and O–H groups in total. The van der Waals surface area contributed by atoms with Crippen molar-refractivity contribution in [3.63, 3.8) is 0 Å². The molecule has 0 radical (unpaired) electrons. The molecule has 1 aromatic heterocycles. The molecule has 1 unspecified atom stereocenters. The molecule has 2 aromatic carbocycles. The summed E-state index contributed by atoms with van der Waals surface area (Å²) in [7, 11) is 0. The van der Waals surface area contributed by atoms with Crippen molar-refractivity contribution in [3.05, 3.63) is 100 Å². The number of carbonyl (C=O) groups excluding carboxylic acids is 2. The fourth-order valence-corrected chi connectivity index (χ4v) is 4.13. The Morgan fingerprint density at radius 2 is 1.85 bits per heavy atom. The molecule has 1 saturated heterocycles. The number of Topliss-reactive ketones (excluding diaryl/α,β-unsaturated/α-hetero) is 1. The van der Waals surface area contributed by atoms with Crippen molar-refractivity contribution in [2.75, 3.05) is 6.61 Å². The molecule has 1 aliphatic rings. The smallest absolute Gasteiger partial charge is 0.295 e. The summed E-state index contributed by atoms with van der Waals surface area (Å²) < 4.78 is 5.54. The Bertz CT molecular complexity index is 1220. The number of nitrogens with zero attached hydrogens (tertiary/aromatic N) is 2.